The number of nitrogens with one attached hydrogen (secondary N) is 4. The number of nitrogens with two attached hydrogens (primary N) is 1. The number of amides is 5. The second kappa shape index (κ2) is 15.4. The highest BCUT2D eigenvalue weighted by Crippen LogP contribution is 2.12. The van der Waals surface area contributed by atoms with Crippen LogP contribution in [0.2, 0.25) is 0 Å². The molecular formula is C24H37N5O5. The molecule has 0 bridgehead atoms. The van der Waals surface area contributed by atoms with Crippen LogP contribution in [0, 0.1) is 5.92 Å². The number of carbonyl (C=O) groups excluding carboxylic acids is 4. The van der Waals surface area contributed by atoms with Crippen molar-refractivity contribution in [1.82, 2.24) is 16.0 Å². The summed E-state index contributed by atoms with van der Waals surface area (Å²) < 4.78 is 0. The quantitative estimate of drug-likeness (QED) is 0.167. The molecule has 7 N–H and O–H groups in total. The van der Waals surface area contributed by atoms with E-state index in [4.69, 9.17) is 10.8 Å². The Bertz CT molecular complexity index is 826. The van der Waals surface area contributed by atoms with Crippen molar-refractivity contribution in [3.8, 4) is 0 Å². The monoisotopic (exact) mass is 475 g/mol. The van der Waals surface area contributed by atoms with Gasteiger partial charge in [-0.2, -0.15) is 0 Å². The fraction of sp³-hybridized carbons (Fsp3) is 0.500. The average molecular weight is 476 g/mol. The lowest BCUT2D eigenvalue weighted by atomic mass is 10.0. The van der Waals surface area contributed by atoms with Crippen LogP contribution >= 0.6 is 0 Å². The number of urea groups is 1. The molecule has 0 aliphatic rings. The molecule has 0 aliphatic heterocycles. The number of benzene rings is 1. The molecule has 0 saturated heterocycles. The smallest absolute Gasteiger partial charge is 0.312 e. The van der Waals surface area contributed by atoms with E-state index in [1.807, 2.05) is 13.8 Å². The lowest BCUT2D eigenvalue weighted by molar-refractivity contribution is -0.132. The van der Waals surface area contributed by atoms with Gasteiger partial charge in [-0.1, -0.05) is 32.1 Å². The minimum atomic E-state index is -0.904. The van der Waals surface area contributed by atoms with Gasteiger partial charge in [0.1, 0.15) is 12.1 Å². The zero-order valence-corrected chi connectivity index (χ0v) is 19.9. The molecule has 10 nitrogen and oxygen atoms in total. The number of anilines is 1. The predicted octanol–water partition coefficient (Wildman–Crippen LogP) is 1.55. The number of primary amides is 1. The maximum absolute atomic E-state index is 13.0. The van der Waals surface area contributed by atoms with Crippen molar-refractivity contribution in [2.45, 2.75) is 64.6 Å². The summed E-state index contributed by atoms with van der Waals surface area (Å²) in [5, 5.41) is 19.9. The molecule has 5 amide bonds. The van der Waals surface area contributed by atoms with Gasteiger partial charge in [-0.05, 0) is 49.3 Å². The third-order valence-electron chi connectivity index (χ3n) is 5.08. The van der Waals surface area contributed by atoms with E-state index in [9.17, 15) is 19.2 Å². The SMILES string of the molecule is C=CCCCC(=O)N[C@H](C(=O)N[C@@H](CCCNC(N)=O)C(=O)Nc1ccc(CO)cc1)C(C)C. The largest absolute Gasteiger partial charge is 0.392 e. The van der Waals surface area contributed by atoms with E-state index in [-0.39, 0.29) is 37.8 Å². The minimum Gasteiger partial charge on any atom is -0.392 e. The first-order valence-electron chi connectivity index (χ1n) is 11.4. The van der Waals surface area contributed by atoms with Crippen LogP contribution in [0.15, 0.2) is 36.9 Å². The second-order valence-electron chi connectivity index (χ2n) is 8.31. The molecule has 0 spiro atoms. The molecule has 10 heteroatoms. The minimum absolute atomic E-state index is 0.115. The summed E-state index contributed by atoms with van der Waals surface area (Å²) in [5.74, 6) is -1.35. The van der Waals surface area contributed by atoms with Crippen LogP contribution in [0.25, 0.3) is 0 Å². The lowest BCUT2D eigenvalue weighted by Gasteiger charge is -2.25. The Kier molecular flexibility index (Phi) is 13.0. The zero-order valence-electron chi connectivity index (χ0n) is 19.9. The van der Waals surface area contributed by atoms with E-state index in [0.717, 1.165) is 0 Å². The Morgan fingerprint density at radius 3 is 2.29 bits per heavy atom. The molecule has 188 valence electrons. The summed E-state index contributed by atoms with van der Waals surface area (Å²) >= 11 is 0. The van der Waals surface area contributed by atoms with Crippen LogP contribution in [-0.2, 0) is 21.0 Å². The Balaban J connectivity index is 2.87. The van der Waals surface area contributed by atoms with E-state index in [0.29, 0.717) is 30.5 Å². The van der Waals surface area contributed by atoms with Crippen molar-refractivity contribution in [1.29, 1.82) is 0 Å². The Hall–Kier alpha value is -3.40. The molecular weight excluding hydrogens is 438 g/mol. The number of hydrogen-bond acceptors (Lipinski definition) is 5. The molecule has 1 aromatic rings. The average Bonchev–Trinajstić information content (AvgIpc) is 2.79. The van der Waals surface area contributed by atoms with Gasteiger partial charge in [0, 0.05) is 18.7 Å². The molecule has 0 fully saturated rings. The maximum atomic E-state index is 13.0. The van der Waals surface area contributed by atoms with Crippen LogP contribution < -0.4 is 27.0 Å². The van der Waals surface area contributed by atoms with E-state index in [1.165, 1.54) is 0 Å². The number of carbonyl (C=O) groups is 4. The summed E-state index contributed by atoms with van der Waals surface area (Å²) in [6.07, 6.45) is 3.97. The number of unbranched alkanes of at least 4 members (excludes halogenated alkanes) is 1. The van der Waals surface area contributed by atoms with Crippen molar-refractivity contribution in [2.75, 3.05) is 11.9 Å². The standard InChI is InChI=1S/C24H37N5O5/c1-4-5-6-9-20(31)29-21(16(2)3)23(33)28-19(8-7-14-26-24(25)34)22(32)27-18-12-10-17(15-30)11-13-18/h4,10-13,16,19,21,30H,1,5-9,14-15H2,2-3H3,(H,27,32)(H,28,33)(H,29,31)(H3,25,26,34)/t19-,21-/m0/s1. The molecule has 0 aromatic heterocycles. The van der Waals surface area contributed by atoms with Crippen LogP contribution in [0.3, 0.4) is 0 Å². The molecule has 2 atom stereocenters. The Morgan fingerprint density at radius 1 is 1.06 bits per heavy atom. The molecule has 34 heavy (non-hydrogen) atoms. The summed E-state index contributed by atoms with van der Waals surface area (Å²) in [4.78, 5) is 49.1. The van der Waals surface area contributed by atoms with E-state index in [1.54, 1.807) is 30.3 Å². The van der Waals surface area contributed by atoms with Crippen molar-refractivity contribution in [2.24, 2.45) is 11.7 Å². The molecule has 0 aliphatic carbocycles. The first kappa shape index (κ1) is 28.6. The second-order valence-corrected chi connectivity index (χ2v) is 8.31. The first-order chi connectivity index (χ1) is 16.2. The summed E-state index contributed by atoms with van der Waals surface area (Å²) in [5.41, 5.74) is 6.28. The van der Waals surface area contributed by atoms with Crippen molar-refractivity contribution < 1.29 is 24.3 Å². The van der Waals surface area contributed by atoms with Gasteiger partial charge in [-0.25, -0.2) is 4.79 Å². The molecule has 1 aromatic carbocycles. The van der Waals surface area contributed by atoms with E-state index >= 15 is 0 Å². The fourth-order valence-electron chi connectivity index (χ4n) is 3.16. The van der Waals surface area contributed by atoms with Crippen LogP contribution in [-0.4, -0.2) is 47.5 Å². The molecule has 0 radical (unpaired) electrons. The Labute approximate surface area is 200 Å². The molecule has 1 rings (SSSR count). The van der Waals surface area contributed by atoms with Crippen LogP contribution in [0.4, 0.5) is 10.5 Å². The van der Waals surface area contributed by atoms with E-state index in [2.05, 4.69) is 27.8 Å². The zero-order chi connectivity index (χ0) is 25.5. The van der Waals surface area contributed by atoms with Gasteiger partial charge >= 0.3 is 6.03 Å². The maximum Gasteiger partial charge on any atom is 0.312 e. The number of allylic oxidation sites excluding steroid dienone is 1. The van der Waals surface area contributed by atoms with Gasteiger partial charge in [-0.3, -0.25) is 14.4 Å². The number of hydrogen-bond donors (Lipinski definition) is 6. The van der Waals surface area contributed by atoms with Gasteiger partial charge in [0.25, 0.3) is 0 Å². The molecule has 0 unspecified atom stereocenters. The summed E-state index contributed by atoms with van der Waals surface area (Å²) in [6, 6.07) is 4.27. The van der Waals surface area contributed by atoms with Gasteiger partial charge in [-0.15, -0.1) is 6.58 Å². The van der Waals surface area contributed by atoms with Crippen molar-refractivity contribution >= 4 is 29.4 Å². The fourth-order valence-corrected chi connectivity index (χ4v) is 3.16. The number of aliphatic hydroxyl groups excluding tert-OH is 1. The van der Waals surface area contributed by atoms with Gasteiger partial charge in [0.05, 0.1) is 6.61 Å². The highest BCUT2D eigenvalue weighted by atomic mass is 16.3. The van der Waals surface area contributed by atoms with Crippen molar-refractivity contribution in [3.05, 3.63) is 42.5 Å². The lowest BCUT2D eigenvalue weighted by Crippen LogP contribution is -2.54. The highest BCUT2D eigenvalue weighted by Gasteiger charge is 2.28. The van der Waals surface area contributed by atoms with Crippen LogP contribution in [0.1, 0.15) is 51.5 Å². The summed E-state index contributed by atoms with van der Waals surface area (Å²) in [7, 11) is 0. The predicted molar refractivity (Wildman–Crippen MR) is 131 cm³/mol. The third-order valence-corrected chi connectivity index (χ3v) is 5.08. The van der Waals surface area contributed by atoms with E-state index < -0.39 is 29.9 Å². The van der Waals surface area contributed by atoms with Gasteiger partial charge < -0.3 is 32.1 Å². The molecule has 0 saturated carbocycles. The molecule has 0 heterocycles. The number of rotatable bonds is 15. The van der Waals surface area contributed by atoms with Crippen LogP contribution in [0.5, 0.6) is 0 Å². The normalized spacial score (nSPS) is 12.4. The first-order valence-corrected chi connectivity index (χ1v) is 11.4. The van der Waals surface area contributed by atoms with Gasteiger partial charge in [0.2, 0.25) is 17.7 Å². The summed E-state index contributed by atoms with van der Waals surface area (Å²) in [6.45, 7) is 7.37. The van der Waals surface area contributed by atoms with Crippen molar-refractivity contribution in [3.63, 3.8) is 0 Å². The topological polar surface area (TPSA) is 163 Å². The third kappa shape index (κ3) is 11.0. The van der Waals surface area contributed by atoms with Gasteiger partial charge in [0.15, 0.2) is 0 Å². The highest BCUT2D eigenvalue weighted by molar-refractivity contribution is 5.98. The Morgan fingerprint density at radius 2 is 1.74 bits per heavy atom. The number of aliphatic hydroxyl groups is 1.